The Balaban J connectivity index is 4.02. The van der Waals surface area contributed by atoms with E-state index in [1.165, 1.54) is 0 Å². The standard InChI is InChI=1S/C9H21NO/c1-6-10(7(2)3)8(4)9(5)11/h7-9,11H,6H2,1-5H3. The first-order chi connectivity index (χ1) is 5.00. The van der Waals surface area contributed by atoms with Gasteiger partial charge in [-0.05, 0) is 34.2 Å². The molecule has 68 valence electrons. The third kappa shape index (κ3) is 3.21. The van der Waals surface area contributed by atoms with Crippen molar-refractivity contribution in [1.82, 2.24) is 4.90 Å². The Hall–Kier alpha value is -0.0800. The zero-order valence-corrected chi connectivity index (χ0v) is 8.33. The van der Waals surface area contributed by atoms with Crippen molar-refractivity contribution in [2.45, 2.75) is 52.8 Å². The Morgan fingerprint density at radius 3 is 1.73 bits per heavy atom. The number of hydrogen-bond acceptors (Lipinski definition) is 2. The number of likely N-dealkylation sites (N-methyl/N-ethyl adjacent to an activating group) is 1. The largest absolute Gasteiger partial charge is 0.392 e. The summed E-state index contributed by atoms with van der Waals surface area (Å²) >= 11 is 0. The van der Waals surface area contributed by atoms with Crippen LogP contribution in [-0.4, -0.2) is 34.7 Å². The molecule has 11 heavy (non-hydrogen) atoms. The van der Waals surface area contributed by atoms with Crippen molar-refractivity contribution in [2.24, 2.45) is 0 Å². The van der Waals surface area contributed by atoms with Gasteiger partial charge >= 0.3 is 0 Å². The maximum absolute atomic E-state index is 9.33. The van der Waals surface area contributed by atoms with Gasteiger partial charge in [-0.25, -0.2) is 0 Å². The lowest BCUT2D eigenvalue weighted by molar-refractivity contribution is 0.0556. The molecular weight excluding hydrogens is 138 g/mol. The minimum atomic E-state index is -0.239. The summed E-state index contributed by atoms with van der Waals surface area (Å²) in [6.45, 7) is 11.3. The highest BCUT2D eigenvalue weighted by molar-refractivity contribution is 4.73. The lowest BCUT2D eigenvalue weighted by Crippen LogP contribution is -2.44. The molecule has 0 aliphatic carbocycles. The van der Waals surface area contributed by atoms with Gasteiger partial charge in [-0.3, -0.25) is 4.90 Å². The van der Waals surface area contributed by atoms with E-state index < -0.39 is 0 Å². The van der Waals surface area contributed by atoms with E-state index in [0.717, 1.165) is 6.54 Å². The fourth-order valence-corrected chi connectivity index (χ4v) is 1.40. The van der Waals surface area contributed by atoms with Crippen molar-refractivity contribution in [3.8, 4) is 0 Å². The van der Waals surface area contributed by atoms with Gasteiger partial charge in [0.25, 0.3) is 0 Å². The predicted octanol–water partition coefficient (Wildman–Crippen LogP) is 1.49. The second kappa shape index (κ2) is 4.73. The number of aliphatic hydroxyl groups excluding tert-OH is 1. The van der Waals surface area contributed by atoms with Crippen molar-refractivity contribution in [2.75, 3.05) is 6.54 Å². The second-order valence-corrected chi connectivity index (χ2v) is 3.41. The van der Waals surface area contributed by atoms with E-state index in [9.17, 15) is 5.11 Å². The maximum atomic E-state index is 9.33. The van der Waals surface area contributed by atoms with Gasteiger partial charge in [-0.2, -0.15) is 0 Å². The molecule has 0 aromatic heterocycles. The molecule has 2 nitrogen and oxygen atoms in total. The molecule has 0 amide bonds. The third-order valence-electron chi connectivity index (χ3n) is 2.25. The molecule has 0 heterocycles. The van der Waals surface area contributed by atoms with Gasteiger partial charge in [0.1, 0.15) is 0 Å². The fraction of sp³-hybridized carbons (Fsp3) is 1.00. The molecular formula is C9H21NO. The van der Waals surface area contributed by atoms with Crippen LogP contribution in [0.4, 0.5) is 0 Å². The van der Waals surface area contributed by atoms with Gasteiger partial charge in [-0.1, -0.05) is 6.92 Å². The first-order valence-electron chi connectivity index (χ1n) is 4.44. The van der Waals surface area contributed by atoms with E-state index in [2.05, 4.69) is 32.6 Å². The summed E-state index contributed by atoms with van der Waals surface area (Å²) in [7, 11) is 0. The molecule has 0 fully saturated rings. The quantitative estimate of drug-likeness (QED) is 0.671. The summed E-state index contributed by atoms with van der Waals surface area (Å²) in [4.78, 5) is 2.28. The van der Waals surface area contributed by atoms with Crippen molar-refractivity contribution in [3.63, 3.8) is 0 Å². The summed E-state index contributed by atoms with van der Waals surface area (Å²) < 4.78 is 0. The molecule has 0 aromatic carbocycles. The Morgan fingerprint density at radius 2 is 1.64 bits per heavy atom. The molecule has 0 aliphatic rings. The predicted molar refractivity (Wildman–Crippen MR) is 48.7 cm³/mol. The van der Waals surface area contributed by atoms with Crippen LogP contribution >= 0.6 is 0 Å². The van der Waals surface area contributed by atoms with Gasteiger partial charge < -0.3 is 5.11 Å². The van der Waals surface area contributed by atoms with Crippen molar-refractivity contribution >= 4 is 0 Å². The number of nitrogens with zero attached hydrogens (tertiary/aromatic N) is 1. The highest BCUT2D eigenvalue weighted by atomic mass is 16.3. The van der Waals surface area contributed by atoms with Crippen LogP contribution in [0.25, 0.3) is 0 Å². The maximum Gasteiger partial charge on any atom is 0.0664 e. The Labute approximate surface area is 70.2 Å². The van der Waals surface area contributed by atoms with Crippen LogP contribution in [0.15, 0.2) is 0 Å². The first kappa shape index (κ1) is 10.9. The molecule has 0 radical (unpaired) electrons. The Morgan fingerprint density at radius 1 is 1.18 bits per heavy atom. The van der Waals surface area contributed by atoms with Gasteiger partial charge in [-0.15, -0.1) is 0 Å². The van der Waals surface area contributed by atoms with E-state index >= 15 is 0 Å². The third-order valence-corrected chi connectivity index (χ3v) is 2.25. The highest BCUT2D eigenvalue weighted by Crippen LogP contribution is 2.07. The van der Waals surface area contributed by atoms with Gasteiger partial charge in [0.2, 0.25) is 0 Å². The van der Waals surface area contributed by atoms with Crippen molar-refractivity contribution in [1.29, 1.82) is 0 Å². The van der Waals surface area contributed by atoms with Crippen LogP contribution in [-0.2, 0) is 0 Å². The summed E-state index contributed by atoms with van der Waals surface area (Å²) in [5.74, 6) is 0. The zero-order valence-electron chi connectivity index (χ0n) is 8.33. The van der Waals surface area contributed by atoms with E-state index in [-0.39, 0.29) is 12.1 Å². The lowest BCUT2D eigenvalue weighted by atomic mass is 10.1. The minimum absolute atomic E-state index is 0.239. The summed E-state index contributed by atoms with van der Waals surface area (Å²) in [6.07, 6.45) is -0.239. The highest BCUT2D eigenvalue weighted by Gasteiger charge is 2.18. The van der Waals surface area contributed by atoms with Crippen LogP contribution in [0, 0.1) is 0 Å². The van der Waals surface area contributed by atoms with Crippen LogP contribution < -0.4 is 0 Å². The fourth-order valence-electron chi connectivity index (χ4n) is 1.40. The van der Waals surface area contributed by atoms with Gasteiger partial charge in [0, 0.05) is 12.1 Å². The molecule has 0 saturated heterocycles. The lowest BCUT2D eigenvalue weighted by Gasteiger charge is -2.33. The van der Waals surface area contributed by atoms with E-state index in [4.69, 9.17) is 0 Å². The molecule has 0 aliphatic heterocycles. The molecule has 2 unspecified atom stereocenters. The van der Waals surface area contributed by atoms with Crippen LogP contribution in [0.5, 0.6) is 0 Å². The van der Waals surface area contributed by atoms with Gasteiger partial charge in [0.15, 0.2) is 0 Å². The van der Waals surface area contributed by atoms with E-state index in [1.807, 2.05) is 6.92 Å². The SMILES string of the molecule is CCN(C(C)C)C(C)C(C)O. The molecule has 1 N–H and O–H groups in total. The number of aliphatic hydroxyl groups is 1. The Bertz CT molecular complexity index is 102. The smallest absolute Gasteiger partial charge is 0.0664 e. The van der Waals surface area contributed by atoms with E-state index in [1.54, 1.807) is 0 Å². The van der Waals surface area contributed by atoms with E-state index in [0.29, 0.717) is 6.04 Å². The summed E-state index contributed by atoms with van der Waals surface area (Å²) in [5, 5.41) is 9.33. The molecule has 0 aromatic rings. The normalized spacial score (nSPS) is 17.5. The molecule has 0 rings (SSSR count). The summed E-state index contributed by atoms with van der Waals surface area (Å²) in [5.41, 5.74) is 0. The molecule has 2 heteroatoms. The molecule has 0 spiro atoms. The zero-order chi connectivity index (χ0) is 9.02. The number of hydrogen-bond donors (Lipinski definition) is 1. The van der Waals surface area contributed by atoms with Crippen molar-refractivity contribution < 1.29 is 5.11 Å². The number of rotatable bonds is 4. The topological polar surface area (TPSA) is 23.5 Å². The van der Waals surface area contributed by atoms with Gasteiger partial charge in [0.05, 0.1) is 6.10 Å². The average molecular weight is 159 g/mol. The first-order valence-corrected chi connectivity index (χ1v) is 4.44. The van der Waals surface area contributed by atoms with Crippen LogP contribution in [0.3, 0.4) is 0 Å². The molecule has 2 atom stereocenters. The Kier molecular flexibility index (Phi) is 4.69. The monoisotopic (exact) mass is 159 g/mol. The average Bonchev–Trinajstić information content (AvgIpc) is 1.88. The summed E-state index contributed by atoms with van der Waals surface area (Å²) in [6, 6.07) is 0.782. The molecule has 0 saturated carbocycles. The minimum Gasteiger partial charge on any atom is -0.392 e. The second-order valence-electron chi connectivity index (χ2n) is 3.41. The van der Waals surface area contributed by atoms with Crippen molar-refractivity contribution in [3.05, 3.63) is 0 Å². The van der Waals surface area contributed by atoms with Crippen LogP contribution in [0.2, 0.25) is 0 Å². The molecule has 0 bridgehead atoms. The van der Waals surface area contributed by atoms with Crippen LogP contribution in [0.1, 0.15) is 34.6 Å².